The van der Waals surface area contributed by atoms with Gasteiger partial charge in [-0.2, -0.15) is 0 Å². The highest BCUT2D eigenvalue weighted by molar-refractivity contribution is 5.95. The van der Waals surface area contributed by atoms with Gasteiger partial charge >= 0.3 is 0 Å². The average molecular weight is 420 g/mol. The predicted octanol–water partition coefficient (Wildman–Crippen LogP) is 4.44. The molecule has 3 aromatic rings. The Morgan fingerprint density at radius 2 is 1.94 bits per heavy atom. The van der Waals surface area contributed by atoms with Crippen molar-refractivity contribution in [2.75, 3.05) is 19.5 Å². The molecule has 8 nitrogen and oxygen atoms in total. The van der Waals surface area contributed by atoms with Gasteiger partial charge in [0.15, 0.2) is 0 Å². The van der Waals surface area contributed by atoms with Crippen LogP contribution in [0.4, 0.5) is 11.4 Å². The van der Waals surface area contributed by atoms with E-state index in [0.717, 1.165) is 17.0 Å². The fraction of sp³-hybridized carbons (Fsp3) is 0.217. The van der Waals surface area contributed by atoms with Gasteiger partial charge in [-0.05, 0) is 48.9 Å². The van der Waals surface area contributed by atoms with Crippen molar-refractivity contribution in [1.29, 1.82) is 0 Å². The maximum absolute atomic E-state index is 12.9. The lowest BCUT2D eigenvalue weighted by molar-refractivity contribution is -0.384. The molecule has 1 atom stereocenters. The van der Waals surface area contributed by atoms with Gasteiger partial charge in [0, 0.05) is 31.4 Å². The first-order valence-corrected chi connectivity index (χ1v) is 9.73. The summed E-state index contributed by atoms with van der Waals surface area (Å²) in [4.78, 5) is 29.8. The van der Waals surface area contributed by atoms with Crippen LogP contribution in [-0.4, -0.2) is 34.9 Å². The molecule has 0 aliphatic rings. The highest BCUT2D eigenvalue weighted by Gasteiger charge is 2.21. The van der Waals surface area contributed by atoms with E-state index in [4.69, 9.17) is 4.74 Å². The van der Waals surface area contributed by atoms with Crippen molar-refractivity contribution in [3.63, 3.8) is 0 Å². The number of aromatic nitrogens is 1. The molecule has 1 aromatic heterocycles. The zero-order chi connectivity index (χ0) is 22.4. The summed E-state index contributed by atoms with van der Waals surface area (Å²) < 4.78 is 5.14. The molecule has 3 rings (SSSR count). The second kappa shape index (κ2) is 9.71. The summed E-state index contributed by atoms with van der Waals surface area (Å²) in [5, 5.41) is 14.8. The molecule has 0 bridgehead atoms. The quantitative estimate of drug-likeness (QED) is 0.427. The first-order valence-electron chi connectivity index (χ1n) is 9.73. The molecule has 0 spiro atoms. The number of ether oxygens (including phenoxy) is 1. The molecular formula is C23H24N4O4. The largest absolute Gasteiger partial charge is 0.497 e. The van der Waals surface area contributed by atoms with E-state index < -0.39 is 4.92 Å². The highest BCUT2D eigenvalue weighted by atomic mass is 16.6. The number of carbonyl (C=O) groups excluding carboxylic acids is 1. The third kappa shape index (κ3) is 5.36. The van der Waals surface area contributed by atoms with Crippen LogP contribution in [0.1, 0.15) is 34.6 Å². The molecule has 0 saturated heterocycles. The lowest BCUT2D eigenvalue weighted by atomic mass is 10.1. The number of methoxy groups -OCH3 is 1. The second-order valence-corrected chi connectivity index (χ2v) is 7.12. The second-order valence-electron chi connectivity index (χ2n) is 7.12. The van der Waals surface area contributed by atoms with Crippen molar-refractivity contribution in [3.8, 4) is 5.75 Å². The molecule has 31 heavy (non-hydrogen) atoms. The maximum atomic E-state index is 12.9. The van der Waals surface area contributed by atoms with E-state index in [-0.39, 0.29) is 23.2 Å². The molecule has 1 amide bonds. The van der Waals surface area contributed by atoms with Crippen molar-refractivity contribution >= 4 is 17.3 Å². The number of nitrogens with zero attached hydrogens (tertiary/aromatic N) is 3. The van der Waals surface area contributed by atoms with Gasteiger partial charge in [0.25, 0.3) is 11.6 Å². The minimum atomic E-state index is -0.492. The topological polar surface area (TPSA) is 97.6 Å². The predicted molar refractivity (Wildman–Crippen MR) is 118 cm³/mol. The number of benzene rings is 2. The van der Waals surface area contributed by atoms with Crippen molar-refractivity contribution < 1.29 is 14.5 Å². The van der Waals surface area contributed by atoms with E-state index in [1.54, 1.807) is 32.5 Å². The normalized spacial score (nSPS) is 11.5. The van der Waals surface area contributed by atoms with Crippen LogP contribution in [0, 0.1) is 10.1 Å². The Balaban J connectivity index is 1.77. The van der Waals surface area contributed by atoms with Crippen LogP contribution in [0.2, 0.25) is 0 Å². The van der Waals surface area contributed by atoms with Crippen LogP contribution < -0.4 is 10.1 Å². The number of carbonyl (C=O) groups is 1. The fourth-order valence-electron chi connectivity index (χ4n) is 3.17. The molecule has 160 valence electrons. The van der Waals surface area contributed by atoms with Crippen LogP contribution in [0.25, 0.3) is 0 Å². The number of nitro groups is 1. The molecule has 0 aliphatic heterocycles. The number of nitro benzene ring substituents is 1. The van der Waals surface area contributed by atoms with E-state index >= 15 is 0 Å². The van der Waals surface area contributed by atoms with Gasteiger partial charge in [0.1, 0.15) is 11.4 Å². The Morgan fingerprint density at radius 1 is 1.19 bits per heavy atom. The van der Waals surface area contributed by atoms with E-state index in [0.29, 0.717) is 12.2 Å². The van der Waals surface area contributed by atoms with Crippen molar-refractivity contribution in [2.24, 2.45) is 0 Å². The summed E-state index contributed by atoms with van der Waals surface area (Å²) >= 11 is 0. The number of nitrogens with one attached hydrogen (secondary N) is 1. The smallest absolute Gasteiger partial charge is 0.293 e. The Bertz CT molecular complexity index is 1050. The number of amides is 1. The molecule has 8 heteroatoms. The number of pyridine rings is 1. The summed E-state index contributed by atoms with van der Waals surface area (Å²) in [5.41, 5.74) is 2.10. The highest BCUT2D eigenvalue weighted by Crippen LogP contribution is 2.29. The standard InChI is InChI=1S/C23H24N4O4/c1-16(20-6-4-5-13-24-20)25-21-12-9-18(14-22(21)27(29)30)23(28)26(2)15-17-7-10-19(31-3)11-8-17/h4-14,16,25H,15H2,1-3H3. The summed E-state index contributed by atoms with van der Waals surface area (Å²) in [5.74, 6) is 0.430. The van der Waals surface area contributed by atoms with E-state index in [9.17, 15) is 14.9 Å². The van der Waals surface area contributed by atoms with E-state index in [1.165, 1.54) is 11.0 Å². The summed E-state index contributed by atoms with van der Waals surface area (Å²) in [6.45, 7) is 2.24. The fourth-order valence-corrected chi connectivity index (χ4v) is 3.17. The van der Waals surface area contributed by atoms with Crippen LogP contribution in [-0.2, 0) is 6.54 Å². The summed E-state index contributed by atoms with van der Waals surface area (Å²) in [6, 6.07) is 17.1. The minimum Gasteiger partial charge on any atom is -0.497 e. The van der Waals surface area contributed by atoms with Gasteiger partial charge in [0.2, 0.25) is 0 Å². The Labute approximate surface area is 180 Å². The van der Waals surface area contributed by atoms with Crippen molar-refractivity contribution in [1.82, 2.24) is 9.88 Å². The van der Waals surface area contributed by atoms with Crippen LogP contribution in [0.5, 0.6) is 5.75 Å². The average Bonchev–Trinajstić information content (AvgIpc) is 2.79. The number of hydrogen-bond donors (Lipinski definition) is 1. The zero-order valence-corrected chi connectivity index (χ0v) is 17.6. The number of rotatable bonds is 8. The Hall–Kier alpha value is -3.94. The molecule has 0 saturated carbocycles. The van der Waals surface area contributed by atoms with Crippen LogP contribution >= 0.6 is 0 Å². The molecule has 1 heterocycles. The lowest BCUT2D eigenvalue weighted by Gasteiger charge is -2.19. The van der Waals surface area contributed by atoms with E-state index in [2.05, 4.69) is 10.3 Å². The Kier molecular flexibility index (Phi) is 6.81. The third-order valence-corrected chi connectivity index (χ3v) is 4.87. The summed E-state index contributed by atoms with van der Waals surface area (Å²) in [7, 11) is 3.25. The number of anilines is 1. The van der Waals surface area contributed by atoms with Crippen molar-refractivity contribution in [2.45, 2.75) is 19.5 Å². The van der Waals surface area contributed by atoms with Gasteiger partial charge < -0.3 is 15.0 Å². The van der Waals surface area contributed by atoms with Gasteiger partial charge in [-0.15, -0.1) is 0 Å². The molecule has 0 aliphatic carbocycles. The molecule has 1 N–H and O–H groups in total. The van der Waals surface area contributed by atoms with Crippen LogP contribution in [0.3, 0.4) is 0 Å². The SMILES string of the molecule is COc1ccc(CN(C)C(=O)c2ccc(NC(C)c3ccccn3)c([N+](=O)[O-])c2)cc1. The summed E-state index contributed by atoms with van der Waals surface area (Å²) in [6.07, 6.45) is 1.67. The lowest BCUT2D eigenvalue weighted by Crippen LogP contribution is -2.26. The van der Waals surface area contributed by atoms with Gasteiger partial charge in [-0.1, -0.05) is 18.2 Å². The molecule has 1 unspecified atom stereocenters. The third-order valence-electron chi connectivity index (χ3n) is 4.87. The van der Waals surface area contributed by atoms with Gasteiger partial charge in [-0.3, -0.25) is 19.9 Å². The van der Waals surface area contributed by atoms with Gasteiger partial charge in [-0.25, -0.2) is 0 Å². The zero-order valence-electron chi connectivity index (χ0n) is 17.6. The molecule has 0 radical (unpaired) electrons. The number of hydrogen-bond acceptors (Lipinski definition) is 6. The minimum absolute atomic E-state index is 0.161. The van der Waals surface area contributed by atoms with E-state index in [1.807, 2.05) is 49.4 Å². The first kappa shape index (κ1) is 21.8. The van der Waals surface area contributed by atoms with Gasteiger partial charge in [0.05, 0.1) is 23.8 Å². The molecule has 0 fully saturated rings. The van der Waals surface area contributed by atoms with Crippen molar-refractivity contribution in [3.05, 3.63) is 93.8 Å². The monoisotopic (exact) mass is 420 g/mol. The molecular weight excluding hydrogens is 396 g/mol. The van der Waals surface area contributed by atoms with Crippen LogP contribution in [0.15, 0.2) is 66.9 Å². The first-order chi connectivity index (χ1) is 14.9. The Morgan fingerprint density at radius 3 is 2.55 bits per heavy atom. The molecule has 2 aromatic carbocycles. The maximum Gasteiger partial charge on any atom is 0.293 e.